The van der Waals surface area contributed by atoms with Crippen LogP contribution in [0.5, 0.6) is 0 Å². The Kier molecular flexibility index (Phi) is 6.14. The number of likely N-dealkylation sites (tertiary alicyclic amines) is 1. The number of carbonyl (C=O) groups excluding carboxylic acids is 2. The van der Waals surface area contributed by atoms with E-state index in [2.05, 4.69) is 0 Å². The summed E-state index contributed by atoms with van der Waals surface area (Å²) in [4.78, 5) is 27.3. The molecule has 3 atom stereocenters. The number of nitrogens with zero attached hydrogens (tertiary/aromatic N) is 1. The summed E-state index contributed by atoms with van der Waals surface area (Å²) < 4.78 is 11.2. The number of hydrogen-bond acceptors (Lipinski definition) is 4. The lowest BCUT2D eigenvalue weighted by Gasteiger charge is -2.32. The molecule has 3 unspecified atom stereocenters. The first-order valence-corrected chi connectivity index (χ1v) is 9.73. The summed E-state index contributed by atoms with van der Waals surface area (Å²) in [5, 5.41) is 0. The van der Waals surface area contributed by atoms with Gasteiger partial charge in [0, 0.05) is 26.0 Å². The van der Waals surface area contributed by atoms with Gasteiger partial charge in [-0.25, -0.2) is 4.79 Å². The zero-order valence-corrected chi connectivity index (χ0v) is 14.9. The topological polar surface area (TPSA) is 55.8 Å². The Bertz CT molecular complexity index is 447. The SMILES string of the molecule is COC1CCCC(OC(=O)C2CCCN2C(=O)C2CCCCC2)C1. The fourth-order valence-electron chi connectivity index (χ4n) is 4.53. The minimum atomic E-state index is -0.359. The van der Waals surface area contributed by atoms with Gasteiger partial charge in [0.25, 0.3) is 0 Å². The van der Waals surface area contributed by atoms with Crippen LogP contribution in [0.1, 0.15) is 70.6 Å². The van der Waals surface area contributed by atoms with Crippen molar-refractivity contribution in [3.05, 3.63) is 0 Å². The van der Waals surface area contributed by atoms with Crippen LogP contribution in [0.25, 0.3) is 0 Å². The molecule has 1 heterocycles. The van der Waals surface area contributed by atoms with Crippen molar-refractivity contribution < 1.29 is 19.1 Å². The Balaban J connectivity index is 1.56. The fraction of sp³-hybridized carbons (Fsp3) is 0.895. The summed E-state index contributed by atoms with van der Waals surface area (Å²) in [6.45, 7) is 0.709. The van der Waals surface area contributed by atoms with Crippen LogP contribution in [0.2, 0.25) is 0 Å². The summed E-state index contributed by atoms with van der Waals surface area (Å²) >= 11 is 0. The molecule has 0 N–H and O–H groups in total. The lowest BCUT2D eigenvalue weighted by Crippen LogP contribution is -2.45. The molecule has 5 nitrogen and oxygen atoms in total. The second kappa shape index (κ2) is 8.32. The lowest BCUT2D eigenvalue weighted by atomic mass is 9.88. The first kappa shape index (κ1) is 17.7. The van der Waals surface area contributed by atoms with Gasteiger partial charge in [-0.1, -0.05) is 19.3 Å². The van der Waals surface area contributed by atoms with E-state index in [1.54, 1.807) is 7.11 Å². The standard InChI is InChI=1S/C19H31NO4/c1-23-15-9-5-10-16(13-15)24-19(22)17-11-6-12-20(17)18(21)14-7-3-2-4-8-14/h14-17H,2-13H2,1H3. The van der Waals surface area contributed by atoms with Gasteiger partial charge in [-0.05, 0) is 44.9 Å². The van der Waals surface area contributed by atoms with Crippen LogP contribution >= 0.6 is 0 Å². The largest absolute Gasteiger partial charge is 0.461 e. The van der Waals surface area contributed by atoms with Gasteiger partial charge in [-0.15, -0.1) is 0 Å². The third-order valence-electron chi connectivity index (χ3n) is 5.96. The third-order valence-corrected chi connectivity index (χ3v) is 5.96. The van der Waals surface area contributed by atoms with Gasteiger partial charge in [-0.2, -0.15) is 0 Å². The predicted molar refractivity (Wildman–Crippen MR) is 90.5 cm³/mol. The summed E-state index contributed by atoms with van der Waals surface area (Å²) in [5.41, 5.74) is 0. The predicted octanol–water partition coefficient (Wildman–Crippen LogP) is 3.06. The molecule has 0 aromatic rings. The molecule has 24 heavy (non-hydrogen) atoms. The van der Waals surface area contributed by atoms with Gasteiger partial charge in [0.2, 0.25) is 5.91 Å². The van der Waals surface area contributed by atoms with Crippen LogP contribution in [0.15, 0.2) is 0 Å². The highest BCUT2D eigenvalue weighted by Crippen LogP contribution is 2.30. The Morgan fingerprint density at radius 2 is 1.62 bits per heavy atom. The van der Waals surface area contributed by atoms with Crippen molar-refractivity contribution in [1.29, 1.82) is 0 Å². The average molecular weight is 337 g/mol. The molecule has 1 saturated heterocycles. The number of carbonyl (C=O) groups is 2. The normalized spacial score (nSPS) is 31.9. The summed E-state index contributed by atoms with van der Waals surface area (Å²) in [6.07, 6.45) is 11.0. The fourth-order valence-corrected chi connectivity index (χ4v) is 4.53. The van der Waals surface area contributed by atoms with Gasteiger partial charge in [0.1, 0.15) is 12.1 Å². The molecular formula is C19H31NO4. The number of hydrogen-bond donors (Lipinski definition) is 0. The number of rotatable bonds is 4. The van der Waals surface area contributed by atoms with E-state index in [-0.39, 0.29) is 36.0 Å². The van der Waals surface area contributed by atoms with Crippen LogP contribution in [-0.4, -0.2) is 48.7 Å². The van der Waals surface area contributed by atoms with Gasteiger partial charge < -0.3 is 14.4 Å². The van der Waals surface area contributed by atoms with E-state index in [0.29, 0.717) is 6.54 Å². The van der Waals surface area contributed by atoms with Crippen LogP contribution < -0.4 is 0 Å². The molecule has 1 amide bonds. The average Bonchev–Trinajstić information content (AvgIpc) is 3.12. The van der Waals surface area contributed by atoms with Gasteiger partial charge in [-0.3, -0.25) is 4.79 Å². The van der Waals surface area contributed by atoms with Crippen molar-refractivity contribution in [3.63, 3.8) is 0 Å². The van der Waals surface area contributed by atoms with Gasteiger partial charge in [0.05, 0.1) is 6.10 Å². The molecule has 3 fully saturated rings. The highest BCUT2D eigenvalue weighted by atomic mass is 16.5. The lowest BCUT2D eigenvalue weighted by molar-refractivity contribution is -0.162. The molecule has 2 aliphatic carbocycles. The Morgan fingerprint density at radius 3 is 2.38 bits per heavy atom. The van der Waals surface area contributed by atoms with Crippen molar-refractivity contribution in [1.82, 2.24) is 4.90 Å². The maximum atomic E-state index is 12.8. The highest BCUT2D eigenvalue weighted by Gasteiger charge is 2.39. The molecule has 3 aliphatic rings. The van der Waals surface area contributed by atoms with Crippen LogP contribution in [0.4, 0.5) is 0 Å². The van der Waals surface area contributed by atoms with Crippen molar-refractivity contribution in [2.75, 3.05) is 13.7 Å². The molecule has 136 valence electrons. The van der Waals surface area contributed by atoms with E-state index in [4.69, 9.17) is 9.47 Å². The summed E-state index contributed by atoms with van der Waals surface area (Å²) in [7, 11) is 1.72. The smallest absolute Gasteiger partial charge is 0.329 e. The first-order chi connectivity index (χ1) is 11.7. The Morgan fingerprint density at radius 1 is 0.875 bits per heavy atom. The monoisotopic (exact) mass is 337 g/mol. The summed E-state index contributed by atoms with van der Waals surface area (Å²) in [6, 6.07) is -0.359. The van der Waals surface area contributed by atoms with Crippen molar-refractivity contribution in [2.24, 2.45) is 5.92 Å². The molecule has 1 aliphatic heterocycles. The molecule has 3 rings (SSSR count). The molecule has 0 aromatic heterocycles. The van der Waals surface area contributed by atoms with Crippen molar-refractivity contribution >= 4 is 11.9 Å². The quantitative estimate of drug-likeness (QED) is 0.740. The maximum Gasteiger partial charge on any atom is 0.329 e. The zero-order chi connectivity index (χ0) is 16.9. The van der Waals surface area contributed by atoms with E-state index < -0.39 is 0 Å². The molecule has 2 saturated carbocycles. The molecule has 0 radical (unpaired) electrons. The number of esters is 1. The maximum absolute atomic E-state index is 12.8. The van der Waals surface area contributed by atoms with Crippen molar-refractivity contribution in [3.8, 4) is 0 Å². The highest BCUT2D eigenvalue weighted by molar-refractivity contribution is 5.86. The van der Waals surface area contributed by atoms with E-state index in [1.165, 1.54) is 6.42 Å². The van der Waals surface area contributed by atoms with Crippen LogP contribution in [-0.2, 0) is 19.1 Å². The second-order valence-corrected chi connectivity index (χ2v) is 7.61. The minimum absolute atomic E-state index is 0.0524. The Hall–Kier alpha value is -1.10. The van der Waals surface area contributed by atoms with Crippen LogP contribution in [0.3, 0.4) is 0 Å². The second-order valence-electron chi connectivity index (χ2n) is 7.61. The summed E-state index contributed by atoms with van der Waals surface area (Å²) in [5.74, 6) is 0.116. The zero-order valence-electron chi connectivity index (χ0n) is 14.9. The molecule has 0 aromatic carbocycles. The number of amides is 1. The van der Waals surface area contributed by atoms with E-state index >= 15 is 0 Å². The molecule has 0 bridgehead atoms. The molecular weight excluding hydrogens is 306 g/mol. The molecule has 0 spiro atoms. The van der Waals surface area contributed by atoms with Gasteiger partial charge in [0.15, 0.2) is 0 Å². The molecule has 5 heteroatoms. The first-order valence-electron chi connectivity index (χ1n) is 9.73. The minimum Gasteiger partial charge on any atom is -0.461 e. The van der Waals surface area contributed by atoms with Gasteiger partial charge >= 0.3 is 5.97 Å². The van der Waals surface area contributed by atoms with Crippen LogP contribution in [0, 0.1) is 5.92 Å². The number of methoxy groups -OCH3 is 1. The van der Waals surface area contributed by atoms with Crippen molar-refractivity contribution in [2.45, 2.75) is 88.9 Å². The van der Waals surface area contributed by atoms with E-state index in [0.717, 1.165) is 64.2 Å². The van der Waals surface area contributed by atoms with E-state index in [1.807, 2.05) is 4.90 Å². The Labute approximate surface area is 145 Å². The van der Waals surface area contributed by atoms with E-state index in [9.17, 15) is 9.59 Å². The third kappa shape index (κ3) is 4.11. The number of ether oxygens (including phenoxy) is 2.